The van der Waals surface area contributed by atoms with Crippen LogP contribution >= 0.6 is 0 Å². The summed E-state index contributed by atoms with van der Waals surface area (Å²) in [5.74, 6) is -0.258. The fourth-order valence-electron chi connectivity index (χ4n) is 4.66. The number of hydroxylamine groups is 2. The Morgan fingerprint density at radius 2 is 1.38 bits per heavy atom. The molecule has 2 fully saturated rings. The van der Waals surface area contributed by atoms with Gasteiger partial charge < -0.3 is 15.1 Å². The zero-order valence-electron chi connectivity index (χ0n) is 20.5. The van der Waals surface area contributed by atoms with Gasteiger partial charge in [0.1, 0.15) is 0 Å². The molecule has 2 aliphatic heterocycles. The van der Waals surface area contributed by atoms with Crippen molar-refractivity contribution in [2.75, 3.05) is 63.1 Å². The minimum atomic E-state index is -0.258. The van der Waals surface area contributed by atoms with Gasteiger partial charge in [0, 0.05) is 56.3 Å². The van der Waals surface area contributed by atoms with Crippen molar-refractivity contribution in [3.8, 4) is 0 Å². The molecule has 2 aromatic rings. The molecule has 2 N–H and O–H groups in total. The molecule has 4 rings (SSSR count). The summed E-state index contributed by atoms with van der Waals surface area (Å²) in [5, 5.41) is 14.5. The Bertz CT molecular complexity index is 886. The van der Waals surface area contributed by atoms with Crippen molar-refractivity contribution in [3.63, 3.8) is 0 Å². The predicted molar refractivity (Wildman–Crippen MR) is 138 cm³/mol. The molecule has 7 heteroatoms. The van der Waals surface area contributed by atoms with E-state index < -0.39 is 0 Å². The highest BCUT2D eigenvalue weighted by Crippen LogP contribution is 2.24. The van der Waals surface area contributed by atoms with Gasteiger partial charge in [0.2, 0.25) is 0 Å². The van der Waals surface area contributed by atoms with Crippen LogP contribution in [-0.2, 0) is 11.3 Å². The molecule has 2 heterocycles. The van der Waals surface area contributed by atoms with E-state index in [0.717, 1.165) is 61.3 Å². The molecular weight excluding hydrogens is 426 g/mol. The second-order valence-corrected chi connectivity index (χ2v) is 9.65. The van der Waals surface area contributed by atoms with Crippen molar-refractivity contribution in [1.29, 1.82) is 0 Å². The van der Waals surface area contributed by atoms with Gasteiger partial charge in [-0.15, -0.1) is 0 Å². The van der Waals surface area contributed by atoms with Crippen LogP contribution in [0.4, 0.5) is 17.1 Å². The number of rotatable bonds is 7. The molecule has 0 saturated carbocycles. The van der Waals surface area contributed by atoms with Crippen LogP contribution in [0.2, 0.25) is 0 Å². The monoisotopic (exact) mass is 465 g/mol. The number of anilines is 3. The first-order valence-corrected chi connectivity index (χ1v) is 12.7. The Hall–Kier alpha value is -2.61. The van der Waals surface area contributed by atoms with E-state index in [2.05, 4.69) is 51.3 Å². The Morgan fingerprint density at radius 1 is 0.824 bits per heavy atom. The fraction of sp³-hybridized carbons (Fsp3) is 0.519. The molecular formula is C27H39N5O2. The van der Waals surface area contributed by atoms with Gasteiger partial charge in [-0.25, -0.2) is 5.06 Å². The number of carbonyl (C=O) groups excluding carboxylic acids is 1. The van der Waals surface area contributed by atoms with Crippen molar-refractivity contribution in [2.24, 2.45) is 0 Å². The lowest BCUT2D eigenvalue weighted by atomic mass is 10.1. The first-order chi connectivity index (χ1) is 16.6. The average molecular weight is 466 g/mol. The zero-order chi connectivity index (χ0) is 23.8. The third-order valence-electron chi connectivity index (χ3n) is 6.91. The van der Waals surface area contributed by atoms with Gasteiger partial charge in [-0.1, -0.05) is 31.4 Å². The standard InChI is InChI=1S/C27H39N5O2/c1-29-17-19-30(20-18-29)22-27(33)32(34)21-23-7-9-24(10-8-23)28-25-11-13-26(14-12-25)31-15-5-3-2-4-6-16-31/h7-14,28,34H,2-6,15-22H2,1H3. The van der Waals surface area contributed by atoms with Crippen LogP contribution in [0.25, 0.3) is 0 Å². The van der Waals surface area contributed by atoms with Crippen LogP contribution in [0.1, 0.15) is 37.7 Å². The van der Waals surface area contributed by atoms with E-state index in [9.17, 15) is 10.0 Å². The number of hydrogen-bond acceptors (Lipinski definition) is 6. The average Bonchev–Trinajstić information content (AvgIpc) is 2.82. The number of benzene rings is 2. The lowest BCUT2D eigenvalue weighted by Crippen LogP contribution is -2.48. The summed E-state index contributed by atoms with van der Waals surface area (Å²) in [5.41, 5.74) is 4.23. The van der Waals surface area contributed by atoms with Crippen LogP contribution < -0.4 is 10.2 Å². The predicted octanol–water partition coefficient (Wildman–Crippen LogP) is 4.17. The van der Waals surface area contributed by atoms with E-state index in [1.165, 1.54) is 37.8 Å². The fourth-order valence-corrected chi connectivity index (χ4v) is 4.66. The number of piperazine rings is 1. The summed E-state index contributed by atoms with van der Waals surface area (Å²) in [6.07, 6.45) is 6.60. The molecule has 7 nitrogen and oxygen atoms in total. The smallest absolute Gasteiger partial charge is 0.260 e. The molecule has 0 atom stereocenters. The number of amides is 1. The van der Waals surface area contributed by atoms with E-state index >= 15 is 0 Å². The topological polar surface area (TPSA) is 62.3 Å². The maximum absolute atomic E-state index is 12.4. The summed E-state index contributed by atoms with van der Waals surface area (Å²) in [6, 6.07) is 16.5. The number of likely N-dealkylation sites (N-methyl/N-ethyl adjacent to an activating group) is 1. The Balaban J connectivity index is 1.25. The van der Waals surface area contributed by atoms with Crippen molar-refractivity contribution in [1.82, 2.24) is 14.9 Å². The quantitative estimate of drug-likeness (QED) is 0.473. The summed E-state index contributed by atoms with van der Waals surface area (Å²) >= 11 is 0. The molecule has 0 aliphatic carbocycles. The van der Waals surface area contributed by atoms with Crippen LogP contribution in [0.15, 0.2) is 48.5 Å². The molecule has 1 amide bonds. The first-order valence-electron chi connectivity index (χ1n) is 12.7. The molecule has 0 aromatic heterocycles. The molecule has 2 saturated heterocycles. The minimum Gasteiger partial charge on any atom is -0.372 e. The summed E-state index contributed by atoms with van der Waals surface area (Å²) < 4.78 is 0. The Morgan fingerprint density at radius 3 is 2.00 bits per heavy atom. The zero-order valence-corrected chi connectivity index (χ0v) is 20.5. The first kappa shape index (κ1) is 24.5. The molecule has 2 aliphatic rings. The maximum Gasteiger partial charge on any atom is 0.260 e. The van der Waals surface area contributed by atoms with Gasteiger partial charge in [0.25, 0.3) is 5.91 Å². The maximum atomic E-state index is 12.4. The van der Waals surface area contributed by atoms with Crippen LogP contribution in [-0.4, -0.2) is 78.8 Å². The Kier molecular flexibility index (Phi) is 8.79. The highest BCUT2D eigenvalue weighted by Gasteiger charge is 2.19. The second kappa shape index (κ2) is 12.2. The molecule has 2 aromatic carbocycles. The van der Waals surface area contributed by atoms with Crippen molar-refractivity contribution in [2.45, 2.75) is 38.6 Å². The lowest BCUT2D eigenvalue weighted by molar-refractivity contribution is -0.169. The highest BCUT2D eigenvalue weighted by atomic mass is 16.5. The summed E-state index contributed by atoms with van der Waals surface area (Å²) in [4.78, 5) is 19.2. The lowest BCUT2D eigenvalue weighted by Gasteiger charge is -2.32. The van der Waals surface area contributed by atoms with Gasteiger partial charge >= 0.3 is 0 Å². The van der Waals surface area contributed by atoms with Crippen LogP contribution in [0.5, 0.6) is 0 Å². The number of hydrogen-bond donors (Lipinski definition) is 2. The van der Waals surface area contributed by atoms with Crippen molar-refractivity contribution < 1.29 is 10.0 Å². The molecule has 0 spiro atoms. The number of nitrogens with one attached hydrogen (secondary N) is 1. The molecule has 184 valence electrons. The van der Waals surface area contributed by atoms with Gasteiger partial charge in [0.05, 0.1) is 13.1 Å². The van der Waals surface area contributed by atoms with E-state index in [0.29, 0.717) is 0 Å². The van der Waals surface area contributed by atoms with Gasteiger partial charge in [-0.3, -0.25) is 14.9 Å². The third kappa shape index (κ3) is 7.19. The summed E-state index contributed by atoms with van der Waals surface area (Å²) in [7, 11) is 2.09. The molecule has 34 heavy (non-hydrogen) atoms. The van der Waals surface area contributed by atoms with Crippen molar-refractivity contribution in [3.05, 3.63) is 54.1 Å². The van der Waals surface area contributed by atoms with E-state index in [1.54, 1.807) is 0 Å². The third-order valence-corrected chi connectivity index (χ3v) is 6.91. The normalized spacial score (nSPS) is 18.2. The second-order valence-electron chi connectivity index (χ2n) is 9.65. The van der Waals surface area contributed by atoms with Crippen molar-refractivity contribution >= 4 is 23.0 Å². The van der Waals surface area contributed by atoms with Crippen LogP contribution in [0.3, 0.4) is 0 Å². The molecule has 0 radical (unpaired) electrons. The number of nitrogens with zero attached hydrogens (tertiary/aromatic N) is 4. The highest BCUT2D eigenvalue weighted by molar-refractivity contribution is 5.77. The van der Waals surface area contributed by atoms with Gasteiger partial charge in [-0.2, -0.15) is 0 Å². The van der Waals surface area contributed by atoms with E-state index in [1.807, 2.05) is 24.3 Å². The SMILES string of the molecule is CN1CCN(CC(=O)N(O)Cc2ccc(Nc3ccc(N4CCCCCCC4)cc3)cc2)CC1. The van der Waals surface area contributed by atoms with E-state index in [4.69, 9.17) is 0 Å². The number of carbonyl (C=O) groups is 1. The molecule has 0 bridgehead atoms. The van der Waals surface area contributed by atoms with Crippen LogP contribution in [0, 0.1) is 0 Å². The summed E-state index contributed by atoms with van der Waals surface area (Å²) in [6.45, 7) is 6.37. The van der Waals surface area contributed by atoms with E-state index in [-0.39, 0.29) is 19.0 Å². The largest absolute Gasteiger partial charge is 0.372 e. The van der Waals surface area contributed by atoms with Gasteiger partial charge in [-0.05, 0) is 61.9 Å². The van der Waals surface area contributed by atoms with Gasteiger partial charge in [0.15, 0.2) is 0 Å². The Labute approximate surface area is 203 Å². The minimum absolute atomic E-state index is 0.192. The molecule has 0 unspecified atom stereocenters.